The lowest BCUT2D eigenvalue weighted by Gasteiger charge is -2.24. The highest BCUT2D eigenvalue weighted by atomic mass is 35.5. The molecule has 2 aromatic carbocycles. The van der Waals surface area contributed by atoms with E-state index in [4.69, 9.17) is 11.6 Å². The minimum absolute atomic E-state index is 0.0532. The van der Waals surface area contributed by atoms with Gasteiger partial charge in [0.25, 0.3) is 5.69 Å². The Morgan fingerprint density at radius 3 is 2.76 bits per heavy atom. The number of nitriles is 1. The normalized spacial score (nSPS) is 19.2. The number of fused-ring (bicyclic) bond motifs is 1. The predicted molar refractivity (Wildman–Crippen MR) is 123 cm³/mol. The molecule has 2 aliphatic heterocycles. The fourth-order valence-corrected chi connectivity index (χ4v) is 4.82. The molecular formula is C25H19ClF2N5O+. The molecule has 0 aliphatic carbocycles. The van der Waals surface area contributed by atoms with E-state index in [2.05, 4.69) is 10.3 Å². The van der Waals surface area contributed by atoms with Crippen LogP contribution >= 0.6 is 11.6 Å². The van der Waals surface area contributed by atoms with E-state index in [-0.39, 0.29) is 16.5 Å². The lowest BCUT2D eigenvalue weighted by Crippen LogP contribution is -2.42. The number of rotatable bonds is 3. The Morgan fingerprint density at radius 1 is 1.24 bits per heavy atom. The molecule has 6 nitrogen and oxygen atoms in total. The summed E-state index contributed by atoms with van der Waals surface area (Å²) in [5.74, 6) is -1.19. The number of hydrogen-bond acceptors (Lipinski definition) is 3. The Labute approximate surface area is 199 Å². The molecule has 0 spiro atoms. The van der Waals surface area contributed by atoms with E-state index < -0.39 is 17.0 Å². The molecule has 1 atom stereocenters. The zero-order chi connectivity index (χ0) is 24.2. The summed E-state index contributed by atoms with van der Waals surface area (Å²) in [6.07, 6.45) is 2.23. The van der Waals surface area contributed by atoms with Crippen molar-refractivity contribution in [2.24, 2.45) is 17.5 Å². The number of amides is 1. The van der Waals surface area contributed by atoms with Crippen LogP contribution < -0.4 is 10.00 Å². The van der Waals surface area contributed by atoms with Crippen LogP contribution in [-0.4, -0.2) is 23.3 Å². The highest BCUT2D eigenvalue weighted by Crippen LogP contribution is 2.42. The Bertz CT molecular complexity index is 1460. The summed E-state index contributed by atoms with van der Waals surface area (Å²) in [7, 11) is 1.79. The number of aromatic nitrogens is 2. The van der Waals surface area contributed by atoms with Gasteiger partial charge in [-0.2, -0.15) is 5.26 Å². The lowest BCUT2D eigenvalue weighted by molar-refractivity contribution is -0.745. The summed E-state index contributed by atoms with van der Waals surface area (Å²) in [6.45, 7) is 2.27. The van der Waals surface area contributed by atoms with Gasteiger partial charge in [0, 0.05) is 35.8 Å². The molecule has 3 aromatic rings. The van der Waals surface area contributed by atoms with Crippen LogP contribution in [0.1, 0.15) is 24.6 Å². The zero-order valence-electron chi connectivity index (χ0n) is 18.4. The molecule has 5 rings (SSSR count). The van der Waals surface area contributed by atoms with Gasteiger partial charge in [-0.1, -0.05) is 11.6 Å². The van der Waals surface area contributed by atoms with Crippen molar-refractivity contribution in [2.45, 2.75) is 13.3 Å². The van der Waals surface area contributed by atoms with Crippen LogP contribution in [0.25, 0.3) is 22.6 Å². The standard InChI is InChI=1S/C25H18ClF2N5O/c1-25-5-6-30-23(19(25)13-31-24(25)34)22-11-21(14-7-16(26)10-17(27)8-14)33(32(22)2)18-3-4-20(28)15(9-18)12-29/h3-4,6-11H,5,13H2,1-2H3/p+1. The van der Waals surface area contributed by atoms with Gasteiger partial charge in [-0.25, -0.2) is 8.78 Å². The first-order valence-corrected chi connectivity index (χ1v) is 10.9. The second-order valence-corrected chi connectivity index (χ2v) is 8.98. The van der Waals surface area contributed by atoms with Crippen LogP contribution in [0, 0.1) is 28.4 Å². The summed E-state index contributed by atoms with van der Waals surface area (Å²) in [6, 6.07) is 12.1. The molecule has 2 aliphatic rings. The monoisotopic (exact) mass is 478 g/mol. The zero-order valence-corrected chi connectivity index (χ0v) is 19.1. The molecule has 0 bridgehead atoms. The van der Waals surface area contributed by atoms with E-state index in [1.807, 2.05) is 19.1 Å². The minimum atomic E-state index is -0.696. The highest BCUT2D eigenvalue weighted by Gasteiger charge is 2.46. The van der Waals surface area contributed by atoms with Gasteiger partial charge in [-0.05, 0) is 48.9 Å². The molecular weight excluding hydrogens is 460 g/mol. The van der Waals surface area contributed by atoms with Crippen molar-refractivity contribution in [2.75, 3.05) is 6.54 Å². The molecule has 0 saturated carbocycles. The fraction of sp³-hybridized carbons (Fsp3) is 0.200. The van der Waals surface area contributed by atoms with Crippen LogP contribution in [0.2, 0.25) is 5.02 Å². The molecule has 1 unspecified atom stereocenters. The van der Waals surface area contributed by atoms with Crippen molar-refractivity contribution in [3.05, 3.63) is 76.0 Å². The van der Waals surface area contributed by atoms with Gasteiger partial charge in [-0.3, -0.25) is 9.79 Å². The van der Waals surface area contributed by atoms with Crippen molar-refractivity contribution in [3.63, 3.8) is 0 Å². The number of nitrogens with zero attached hydrogens (tertiary/aromatic N) is 4. The highest BCUT2D eigenvalue weighted by molar-refractivity contribution is 6.30. The molecule has 3 heterocycles. The van der Waals surface area contributed by atoms with Gasteiger partial charge >= 0.3 is 0 Å². The van der Waals surface area contributed by atoms with E-state index >= 15 is 0 Å². The molecule has 170 valence electrons. The van der Waals surface area contributed by atoms with Gasteiger partial charge < -0.3 is 5.32 Å². The van der Waals surface area contributed by atoms with Crippen molar-refractivity contribution in [1.29, 1.82) is 5.26 Å². The van der Waals surface area contributed by atoms with E-state index in [1.54, 1.807) is 28.7 Å². The topological polar surface area (TPSA) is 74.1 Å². The van der Waals surface area contributed by atoms with Crippen LogP contribution in [0.5, 0.6) is 0 Å². The summed E-state index contributed by atoms with van der Waals surface area (Å²) in [5.41, 5.74) is 2.91. The molecule has 1 N–H and O–H groups in total. The smallest absolute Gasteiger partial charge is 0.257 e. The average molecular weight is 479 g/mol. The number of benzene rings is 2. The van der Waals surface area contributed by atoms with Crippen LogP contribution in [0.4, 0.5) is 8.78 Å². The summed E-state index contributed by atoms with van der Waals surface area (Å²) >= 11 is 6.14. The number of nitrogens with one attached hydrogen (secondary N) is 1. The first-order chi connectivity index (χ1) is 16.2. The van der Waals surface area contributed by atoms with Crippen molar-refractivity contribution >= 4 is 29.4 Å². The number of hydrogen-bond donors (Lipinski definition) is 1. The first kappa shape index (κ1) is 22.0. The van der Waals surface area contributed by atoms with Gasteiger partial charge in [0.15, 0.2) is 7.05 Å². The van der Waals surface area contributed by atoms with E-state index in [9.17, 15) is 18.8 Å². The predicted octanol–water partition coefficient (Wildman–Crippen LogP) is 4.09. The average Bonchev–Trinajstić information content (AvgIpc) is 3.30. The molecule has 0 radical (unpaired) electrons. The maximum Gasteiger partial charge on any atom is 0.257 e. The Balaban J connectivity index is 1.81. The van der Waals surface area contributed by atoms with Crippen LogP contribution in [0.3, 0.4) is 0 Å². The summed E-state index contributed by atoms with van der Waals surface area (Å²) in [5, 5.41) is 12.5. The van der Waals surface area contributed by atoms with E-state index in [0.29, 0.717) is 41.3 Å². The fourth-order valence-electron chi connectivity index (χ4n) is 4.60. The quantitative estimate of drug-likeness (QED) is 0.576. The second kappa shape index (κ2) is 7.89. The van der Waals surface area contributed by atoms with E-state index in [0.717, 1.165) is 5.57 Å². The molecule has 1 aromatic heterocycles. The maximum absolute atomic E-state index is 14.3. The number of carbonyl (C=O) groups excluding carboxylic acids is 1. The Morgan fingerprint density at radius 2 is 2.03 bits per heavy atom. The third-order valence-electron chi connectivity index (χ3n) is 6.46. The molecule has 1 fully saturated rings. The van der Waals surface area contributed by atoms with Crippen LogP contribution in [0.15, 0.2) is 53.0 Å². The van der Waals surface area contributed by atoms with Gasteiger partial charge in [-0.15, -0.1) is 9.36 Å². The minimum Gasteiger partial charge on any atom is -0.351 e. The third-order valence-corrected chi connectivity index (χ3v) is 6.68. The van der Waals surface area contributed by atoms with Crippen molar-refractivity contribution in [1.82, 2.24) is 10.00 Å². The molecule has 1 saturated heterocycles. The number of halogens is 3. The Kier molecular flexibility index (Phi) is 5.10. The largest absolute Gasteiger partial charge is 0.351 e. The second-order valence-electron chi connectivity index (χ2n) is 8.54. The maximum atomic E-state index is 14.3. The Hall–Kier alpha value is -3.83. The van der Waals surface area contributed by atoms with Crippen molar-refractivity contribution in [3.8, 4) is 23.0 Å². The summed E-state index contributed by atoms with van der Waals surface area (Å²) in [4.78, 5) is 17.2. The lowest BCUT2D eigenvalue weighted by atomic mass is 9.78. The molecule has 1 amide bonds. The van der Waals surface area contributed by atoms with Crippen molar-refractivity contribution < 1.29 is 18.3 Å². The SMILES string of the molecule is C[n+]1c(C2=C3CNC(=O)C3(C)CC=N2)cc(-c2cc(F)cc(Cl)c2)n1-c1ccc(F)c(C#N)c1. The summed E-state index contributed by atoms with van der Waals surface area (Å²) < 4.78 is 31.9. The molecule has 9 heteroatoms. The third kappa shape index (κ3) is 3.32. The van der Waals surface area contributed by atoms with Crippen LogP contribution in [-0.2, 0) is 11.8 Å². The molecule has 34 heavy (non-hydrogen) atoms. The van der Waals surface area contributed by atoms with Gasteiger partial charge in [0.2, 0.25) is 5.91 Å². The number of carbonyl (C=O) groups is 1. The van der Waals surface area contributed by atoms with Gasteiger partial charge in [0.1, 0.15) is 34.8 Å². The number of aliphatic imine (C=N–C) groups is 1. The van der Waals surface area contributed by atoms with E-state index in [1.165, 1.54) is 30.3 Å². The van der Waals surface area contributed by atoms with Gasteiger partial charge in [0.05, 0.1) is 11.0 Å². The first-order valence-electron chi connectivity index (χ1n) is 10.6.